The number of aliphatic carboxylic acids is 1. The quantitative estimate of drug-likeness (QED) is 0.919. The van der Waals surface area contributed by atoms with E-state index >= 15 is 0 Å². The van der Waals surface area contributed by atoms with Crippen LogP contribution < -0.4 is 4.90 Å². The van der Waals surface area contributed by atoms with Gasteiger partial charge in [0.05, 0.1) is 5.56 Å². The van der Waals surface area contributed by atoms with E-state index in [0.29, 0.717) is 5.69 Å². The fourth-order valence-electron chi connectivity index (χ4n) is 1.86. The first-order chi connectivity index (χ1) is 10.0. The summed E-state index contributed by atoms with van der Waals surface area (Å²) in [6, 6.07) is 12.4. The van der Waals surface area contributed by atoms with Crippen LogP contribution in [0.5, 0.6) is 0 Å². The molecule has 0 saturated carbocycles. The number of carbonyl (C=O) groups excluding carboxylic acids is 1. The van der Waals surface area contributed by atoms with Gasteiger partial charge in [0.2, 0.25) is 0 Å². The lowest BCUT2D eigenvalue weighted by molar-refractivity contribution is -0.135. The van der Waals surface area contributed by atoms with Gasteiger partial charge < -0.3 is 5.11 Å². The van der Waals surface area contributed by atoms with Crippen LogP contribution in [0.15, 0.2) is 53.0 Å². The highest BCUT2D eigenvalue weighted by Crippen LogP contribution is 2.24. The third-order valence-electron chi connectivity index (χ3n) is 2.78. The minimum absolute atomic E-state index is 0.192. The van der Waals surface area contributed by atoms with Crippen LogP contribution >= 0.6 is 15.9 Å². The Labute approximate surface area is 128 Å². The Morgan fingerprint density at radius 1 is 1.10 bits per heavy atom. The Morgan fingerprint density at radius 2 is 1.76 bits per heavy atom. The number of para-hydroxylation sites is 1. The second-order valence-electron chi connectivity index (χ2n) is 4.22. The molecule has 1 N–H and O–H groups in total. The van der Waals surface area contributed by atoms with Crippen LogP contribution in [-0.2, 0) is 4.79 Å². The number of anilines is 1. The number of rotatable bonds is 4. The average molecular weight is 352 g/mol. The van der Waals surface area contributed by atoms with Crippen molar-refractivity contribution < 1.29 is 19.1 Å². The minimum Gasteiger partial charge on any atom is -0.480 e. The zero-order valence-corrected chi connectivity index (χ0v) is 12.4. The van der Waals surface area contributed by atoms with Crippen LogP contribution in [0.4, 0.5) is 10.1 Å². The zero-order chi connectivity index (χ0) is 15.4. The number of benzene rings is 2. The van der Waals surface area contributed by atoms with Crippen LogP contribution in [0.3, 0.4) is 0 Å². The first-order valence-corrected chi connectivity index (χ1v) is 6.82. The topological polar surface area (TPSA) is 57.6 Å². The Morgan fingerprint density at radius 3 is 2.33 bits per heavy atom. The lowest BCUT2D eigenvalue weighted by Crippen LogP contribution is -2.36. The van der Waals surface area contributed by atoms with Gasteiger partial charge in [-0.05, 0) is 40.2 Å². The predicted octanol–water partition coefficient (Wildman–Crippen LogP) is 3.32. The molecule has 6 heteroatoms. The summed E-state index contributed by atoms with van der Waals surface area (Å²) in [5, 5.41) is 8.98. The number of carboxylic acids is 1. The molecule has 0 heterocycles. The van der Waals surface area contributed by atoms with E-state index in [1.54, 1.807) is 30.3 Å². The van der Waals surface area contributed by atoms with Crippen molar-refractivity contribution in [2.45, 2.75) is 0 Å². The fourth-order valence-corrected chi connectivity index (χ4v) is 2.37. The second-order valence-corrected chi connectivity index (χ2v) is 5.07. The standard InChI is InChI=1S/C15H11BrFNO3/c16-11-7-4-8-12(17)14(11)15(21)18(9-13(19)20)10-5-2-1-3-6-10/h1-8H,9H2,(H,19,20). The highest BCUT2D eigenvalue weighted by Gasteiger charge is 2.24. The molecule has 0 aromatic heterocycles. The molecule has 0 unspecified atom stereocenters. The molecule has 0 radical (unpaired) electrons. The van der Waals surface area contributed by atoms with Gasteiger partial charge in [-0.3, -0.25) is 14.5 Å². The number of hydrogen-bond donors (Lipinski definition) is 1. The molecule has 2 rings (SSSR count). The molecule has 0 aliphatic heterocycles. The van der Waals surface area contributed by atoms with Crippen molar-refractivity contribution >= 4 is 33.5 Å². The molecule has 2 aromatic rings. The molecule has 0 fully saturated rings. The maximum absolute atomic E-state index is 13.9. The molecule has 1 amide bonds. The molecule has 108 valence electrons. The van der Waals surface area contributed by atoms with Gasteiger partial charge >= 0.3 is 5.97 Å². The highest BCUT2D eigenvalue weighted by molar-refractivity contribution is 9.10. The summed E-state index contributed by atoms with van der Waals surface area (Å²) < 4.78 is 14.2. The van der Waals surface area contributed by atoms with Crippen molar-refractivity contribution in [2.24, 2.45) is 0 Å². The fraction of sp³-hybridized carbons (Fsp3) is 0.0667. The van der Waals surface area contributed by atoms with Crippen molar-refractivity contribution in [3.63, 3.8) is 0 Å². The van der Waals surface area contributed by atoms with E-state index in [9.17, 15) is 14.0 Å². The number of halogens is 2. The van der Waals surface area contributed by atoms with Gasteiger partial charge in [0, 0.05) is 10.2 Å². The maximum atomic E-state index is 13.9. The molecule has 0 atom stereocenters. The van der Waals surface area contributed by atoms with Crippen LogP contribution in [0.25, 0.3) is 0 Å². The van der Waals surface area contributed by atoms with E-state index < -0.39 is 24.2 Å². The largest absolute Gasteiger partial charge is 0.480 e. The molecule has 0 aliphatic carbocycles. The highest BCUT2D eigenvalue weighted by atomic mass is 79.9. The van der Waals surface area contributed by atoms with Crippen LogP contribution in [0.1, 0.15) is 10.4 Å². The number of carbonyl (C=O) groups is 2. The number of nitrogens with zero attached hydrogens (tertiary/aromatic N) is 1. The van der Waals surface area contributed by atoms with E-state index in [-0.39, 0.29) is 10.0 Å². The van der Waals surface area contributed by atoms with Gasteiger partial charge in [-0.15, -0.1) is 0 Å². The predicted molar refractivity (Wildman–Crippen MR) is 79.9 cm³/mol. The van der Waals surface area contributed by atoms with E-state index in [0.717, 1.165) is 11.0 Å². The molecule has 0 aliphatic rings. The molecule has 2 aromatic carbocycles. The van der Waals surface area contributed by atoms with E-state index in [2.05, 4.69) is 15.9 Å². The average Bonchev–Trinajstić information content (AvgIpc) is 2.45. The maximum Gasteiger partial charge on any atom is 0.323 e. The van der Waals surface area contributed by atoms with Crippen molar-refractivity contribution in [1.82, 2.24) is 0 Å². The summed E-state index contributed by atoms with van der Waals surface area (Å²) in [7, 11) is 0. The van der Waals surface area contributed by atoms with Crippen molar-refractivity contribution in [1.29, 1.82) is 0 Å². The van der Waals surface area contributed by atoms with Gasteiger partial charge in [-0.25, -0.2) is 4.39 Å². The number of amides is 1. The van der Waals surface area contributed by atoms with Gasteiger partial charge in [0.1, 0.15) is 12.4 Å². The van der Waals surface area contributed by atoms with Crippen LogP contribution in [0, 0.1) is 5.82 Å². The van der Waals surface area contributed by atoms with E-state index in [4.69, 9.17) is 5.11 Å². The number of carboxylic acid groups (broad SMARTS) is 1. The zero-order valence-electron chi connectivity index (χ0n) is 10.8. The summed E-state index contributed by atoms with van der Waals surface area (Å²) in [6.45, 7) is -0.552. The van der Waals surface area contributed by atoms with Gasteiger partial charge in [0.25, 0.3) is 5.91 Å². The summed E-state index contributed by atoms with van der Waals surface area (Å²) in [4.78, 5) is 24.5. The summed E-state index contributed by atoms with van der Waals surface area (Å²) in [6.07, 6.45) is 0. The van der Waals surface area contributed by atoms with Gasteiger partial charge in [0.15, 0.2) is 0 Å². The third kappa shape index (κ3) is 3.46. The smallest absolute Gasteiger partial charge is 0.323 e. The monoisotopic (exact) mass is 351 g/mol. The lowest BCUT2D eigenvalue weighted by atomic mass is 10.1. The van der Waals surface area contributed by atoms with Crippen molar-refractivity contribution in [3.8, 4) is 0 Å². The molecular formula is C15H11BrFNO3. The van der Waals surface area contributed by atoms with Crippen molar-refractivity contribution in [3.05, 3.63) is 64.4 Å². The molecule has 21 heavy (non-hydrogen) atoms. The molecule has 0 bridgehead atoms. The molecule has 4 nitrogen and oxygen atoms in total. The van der Waals surface area contributed by atoms with Crippen LogP contribution in [0.2, 0.25) is 0 Å². The molecule has 0 saturated heterocycles. The van der Waals surface area contributed by atoms with E-state index in [1.165, 1.54) is 12.1 Å². The van der Waals surface area contributed by atoms with Crippen molar-refractivity contribution in [2.75, 3.05) is 11.4 Å². The lowest BCUT2D eigenvalue weighted by Gasteiger charge is -2.21. The summed E-state index contributed by atoms with van der Waals surface area (Å²) >= 11 is 3.12. The summed E-state index contributed by atoms with van der Waals surface area (Å²) in [5.74, 6) is -2.60. The molecular weight excluding hydrogens is 341 g/mol. The normalized spacial score (nSPS) is 10.2. The Bertz CT molecular complexity index is 656. The number of hydrogen-bond acceptors (Lipinski definition) is 2. The summed E-state index contributed by atoms with van der Waals surface area (Å²) in [5.41, 5.74) is 0.197. The Hall–Kier alpha value is -2.21. The Kier molecular flexibility index (Phi) is 4.70. The van der Waals surface area contributed by atoms with Gasteiger partial charge in [-0.1, -0.05) is 24.3 Å². The Balaban J connectivity index is 2.46. The minimum atomic E-state index is -1.18. The first-order valence-electron chi connectivity index (χ1n) is 6.03. The first kappa shape index (κ1) is 15.2. The third-order valence-corrected chi connectivity index (χ3v) is 3.44. The van der Waals surface area contributed by atoms with Gasteiger partial charge in [-0.2, -0.15) is 0 Å². The second kappa shape index (κ2) is 6.49. The molecule has 0 spiro atoms. The SMILES string of the molecule is O=C(O)CN(C(=O)c1c(F)cccc1Br)c1ccccc1. The van der Waals surface area contributed by atoms with Crippen LogP contribution in [-0.4, -0.2) is 23.5 Å². The van der Waals surface area contributed by atoms with E-state index in [1.807, 2.05) is 0 Å².